The molecule has 1 aliphatic rings. The molecule has 1 fully saturated rings. The highest BCUT2D eigenvalue weighted by Gasteiger charge is 2.17. The van der Waals surface area contributed by atoms with Crippen LogP contribution in [-0.2, 0) is 4.74 Å². The van der Waals surface area contributed by atoms with E-state index in [0.717, 1.165) is 0 Å². The molecule has 2 nitrogen and oxygen atoms in total. The van der Waals surface area contributed by atoms with Crippen LogP contribution in [0.25, 0.3) is 10.8 Å². The Labute approximate surface area is 114 Å². The normalized spacial score (nSPS) is 17.9. The third kappa shape index (κ3) is 2.80. The first-order valence-corrected chi connectivity index (χ1v) is 7.19. The zero-order chi connectivity index (χ0) is 13.1. The van der Waals surface area contributed by atoms with Gasteiger partial charge in [-0.3, -0.25) is 0 Å². The monoisotopic (exact) mass is 255 g/mol. The fourth-order valence-electron chi connectivity index (χ4n) is 2.96. The molecule has 1 atom stereocenters. The molecule has 0 amide bonds. The lowest BCUT2D eigenvalue weighted by atomic mass is 10.00. The van der Waals surface area contributed by atoms with Gasteiger partial charge in [0.05, 0.1) is 18.8 Å². The molecule has 0 saturated heterocycles. The third-order valence-electron chi connectivity index (χ3n) is 4.04. The second kappa shape index (κ2) is 5.72. The van der Waals surface area contributed by atoms with E-state index in [1.807, 2.05) is 0 Å². The van der Waals surface area contributed by atoms with Crippen molar-refractivity contribution in [3.8, 4) is 0 Å². The van der Waals surface area contributed by atoms with Crippen molar-refractivity contribution in [3.63, 3.8) is 0 Å². The second-order valence-electron chi connectivity index (χ2n) is 5.41. The van der Waals surface area contributed by atoms with Gasteiger partial charge in [0.2, 0.25) is 0 Å². The Morgan fingerprint density at radius 3 is 2.63 bits per heavy atom. The van der Waals surface area contributed by atoms with Crippen LogP contribution in [0.2, 0.25) is 0 Å². The molecule has 2 aromatic rings. The molecule has 0 heterocycles. The number of benzene rings is 2. The van der Waals surface area contributed by atoms with Crippen LogP contribution >= 0.6 is 0 Å². The summed E-state index contributed by atoms with van der Waals surface area (Å²) in [4.78, 5) is 0. The maximum Gasteiger partial charge on any atom is 0.0663 e. The van der Waals surface area contributed by atoms with Gasteiger partial charge in [0, 0.05) is 0 Å². The molecular weight excluding hydrogens is 234 g/mol. The first kappa shape index (κ1) is 12.6. The fourth-order valence-corrected chi connectivity index (χ4v) is 2.96. The Kier molecular flexibility index (Phi) is 3.81. The summed E-state index contributed by atoms with van der Waals surface area (Å²) in [5, 5.41) is 2.49. The number of hydrogen-bond acceptors (Lipinski definition) is 2. The molecular formula is C17H21NO. The Bertz CT molecular complexity index is 540. The van der Waals surface area contributed by atoms with Gasteiger partial charge in [-0.15, -0.1) is 0 Å². The molecule has 0 bridgehead atoms. The quantitative estimate of drug-likeness (QED) is 0.902. The summed E-state index contributed by atoms with van der Waals surface area (Å²) in [6, 6.07) is 14.7. The van der Waals surface area contributed by atoms with E-state index in [1.165, 1.54) is 42.0 Å². The topological polar surface area (TPSA) is 35.2 Å². The van der Waals surface area contributed by atoms with E-state index in [-0.39, 0.29) is 6.04 Å². The van der Waals surface area contributed by atoms with Crippen molar-refractivity contribution in [3.05, 3.63) is 48.0 Å². The molecule has 1 aliphatic carbocycles. The third-order valence-corrected chi connectivity index (χ3v) is 4.04. The fraction of sp³-hybridized carbons (Fsp3) is 0.412. The van der Waals surface area contributed by atoms with E-state index in [9.17, 15) is 0 Å². The van der Waals surface area contributed by atoms with E-state index in [1.54, 1.807) is 0 Å². The van der Waals surface area contributed by atoms with Gasteiger partial charge in [-0.25, -0.2) is 0 Å². The van der Waals surface area contributed by atoms with Gasteiger partial charge in [0.15, 0.2) is 0 Å². The molecule has 1 saturated carbocycles. The van der Waals surface area contributed by atoms with Gasteiger partial charge >= 0.3 is 0 Å². The lowest BCUT2D eigenvalue weighted by molar-refractivity contribution is 0.0491. The number of nitrogens with two attached hydrogens (primary N) is 1. The first-order valence-electron chi connectivity index (χ1n) is 7.19. The predicted molar refractivity (Wildman–Crippen MR) is 79.1 cm³/mol. The Balaban J connectivity index is 1.75. The Hall–Kier alpha value is -1.38. The Morgan fingerprint density at radius 1 is 1.05 bits per heavy atom. The zero-order valence-corrected chi connectivity index (χ0v) is 11.2. The van der Waals surface area contributed by atoms with Crippen LogP contribution in [0.1, 0.15) is 37.3 Å². The summed E-state index contributed by atoms with van der Waals surface area (Å²) in [5.41, 5.74) is 7.51. The number of fused-ring (bicyclic) bond motifs is 1. The Morgan fingerprint density at radius 2 is 1.79 bits per heavy atom. The van der Waals surface area contributed by atoms with Gasteiger partial charge in [-0.05, 0) is 29.2 Å². The van der Waals surface area contributed by atoms with E-state index in [0.29, 0.717) is 12.7 Å². The average molecular weight is 255 g/mol. The maximum atomic E-state index is 6.31. The van der Waals surface area contributed by atoms with E-state index < -0.39 is 0 Å². The molecule has 2 heteroatoms. The second-order valence-corrected chi connectivity index (χ2v) is 5.41. The highest BCUT2D eigenvalue weighted by molar-refractivity contribution is 5.86. The molecule has 100 valence electrons. The van der Waals surface area contributed by atoms with Crippen LogP contribution in [0.5, 0.6) is 0 Å². The summed E-state index contributed by atoms with van der Waals surface area (Å²) in [5.74, 6) is 0. The minimum atomic E-state index is -0.0355. The van der Waals surface area contributed by atoms with Crippen LogP contribution in [0.3, 0.4) is 0 Å². The first-order chi connectivity index (χ1) is 9.34. The molecule has 1 unspecified atom stereocenters. The lowest BCUT2D eigenvalue weighted by Gasteiger charge is -2.18. The average Bonchev–Trinajstić information content (AvgIpc) is 2.97. The molecule has 0 radical (unpaired) electrons. The minimum Gasteiger partial charge on any atom is -0.376 e. The zero-order valence-electron chi connectivity index (χ0n) is 11.2. The molecule has 2 N–H and O–H groups in total. The molecule has 3 rings (SSSR count). The van der Waals surface area contributed by atoms with Crippen molar-refractivity contribution in [2.75, 3.05) is 6.61 Å². The van der Waals surface area contributed by atoms with Crippen LogP contribution in [-0.4, -0.2) is 12.7 Å². The molecule has 0 spiro atoms. The van der Waals surface area contributed by atoms with E-state index >= 15 is 0 Å². The largest absolute Gasteiger partial charge is 0.376 e. The summed E-state index contributed by atoms with van der Waals surface area (Å²) in [6.45, 7) is 0.624. The summed E-state index contributed by atoms with van der Waals surface area (Å²) >= 11 is 0. The van der Waals surface area contributed by atoms with Gasteiger partial charge in [0.25, 0.3) is 0 Å². The van der Waals surface area contributed by atoms with E-state index in [2.05, 4.69) is 42.5 Å². The van der Waals surface area contributed by atoms with Crippen molar-refractivity contribution in [1.82, 2.24) is 0 Å². The van der Waals surface area contributed by atoms with Gasteiger partial charge in [0.1, 0.15) is 0 Å². The van der Waals surface area contributed by atoms with Crippen LogP contribution in [0.15, 0.2) is 42.5 Å². The van der Waals surface area contributed by atoms with Crippen molar-refractivity contribution < 1.29 is 4.74 Å². The SMILES string of the molecule is NC(COC1CCCC1)c1cccc2ccccc12. The smallest absolute Gasteiger partial charge is 0.0663 e. The molecule has 0 aliphatic heterocycles. The standard InChI is InChI=1S/C17H21NO/c18-17(12-19-14-8-2-3-9-14)16-11-5-7-13-6-1-4-10-15(13)16/h1,4-7,10-11,14,17H,2-3,8-9,12,18H2. The van der Waals surface area contributed by atoms with Crippen molar-refractivity contribution in [1.29, 1.82) is 0 Å². The number of hydrogen-bond donors (Lipinski definition) is 1. The predicted octanol–water partition coefficient (Wildman–Crippen LogP) is 3.80. The van der Waals surface area contributed by atoms with Crippen LogP contribution in [0, 0.1) is 0 Å². The number of rotatable bonds is 4. The summed E-state index contributed by atoms with van der Waals surface area (Å²) in [7, 11) is 0. The van der Waals surface area contributed by atoms with Gasteiger partial charge < -0.3 is 10.5 Å². The minimum absolute atomic E-state index is 0.0355. The van der Waals surface area contributed by atoms with Crippen molar-refractivity contribution >= 4 is 10.8 Å². The highest BCUT2D eigenvalue weighted by Crippen LogP contribution is 2.25. The van der Waals surface area contributed by atoms with Crippen molar-refractivity contribution in [2.24, 2.45) is 5.73 Å². The number of ether oxygens (including phenoxy) is 1. The van der Waals surface area contributed by atoms with Gasteiger partial charge in [-0.1, -0.05) is 55.3 Å². The van der Waals surface area contributed by atoms with Crippen LogP contribution in [0.4, 0.5) is 0 Å². The molecule has 2 aromatic carbocycles. The lowest BCUT2D eigenvalue weighted by Crippen LogP contribution is -2.21. The highest BCUT2D eigenvalue weighted by atomic mass is 16.5. The summed E-state index contributed by atoms with van der Waals surface area (Å²) < 4.78 is 5.94. The van der Waals surface area contributed by atoms with E-state index in [4.69, 9.17) is 10.5 Å². The van der Waals surface area contributed by atoms with Crippen molar-refractivity contribution in [2.45, 2.75) is 37.8 Å². The van der Waals surface area contributed by atoms with Gasteiger partial charge in [-0.2, -0.15) is 0 Å². The summed E-state index contributed by atoms with van der Waals surface area (Å²) in [6.07, 6.45) is 5.42. The van der Waals surface area contributed by atoms with Crippen LogP contribution < -0.4 is 5.73 Å². The maximum absolute atomic E-state index is 6.31. The molecule has 19 heavy (non-hydrogen) atoms. The molecule has 0 aromatic heterocycles.